The Hall–Kier alpha value is -3.33. The summed E-state index contributed by atoms with van der Waals surface area (Å²) >= 11 is 0. The van der Waals surface area contributed by atoms with E-state index in [2.05, 4.69) is 6.07 Å². The van der Waals surface area contributed by atoms with Crippen LogP contribution in [0.15, 0.2) is 72.8 Å². The second kappa shape index (κ2) is 5.95. The second-order valence-electron chi connectivity index (χ2n) is 6.06. The number of rotatable bonds is 2. The van der Waals surface area contributed by atoms with Crippen molar-refractivity contribution in [2.24, 2.45) is 0 Å². The molecule has 3 aromatic carbocycles. The Morgan fingerprint density at radius 1 is 0.640 bits per heavy atom. The zero-order chi connectivity index (χ0) is 17.4. The molecule has 1 heterocycles. The van der Waals surface area contributed by atoms with Crippen LogP contribution in [0.5, 0.6) is 11.5 Å². The second-order valence-corrected chi connectivity index (χ2v) is 6.06. The summed E-state index contributed by atoms with van der Waals surface area (Å²) in [5, 5.41) is 20.3. The lowest BCUT2D eigenvalue weighted by Gasteiger charge is -2.16. The topological polar surface area (TPSA) is 53.4 Å². The number of para-hydroxylation sites is 1. The Balaban J connectivity index is 2.10. The predicted molar refractivity (Wildman–Crippen MR) is 101 cm³/mol. The predicted octanol–water partition coefficient (Wildman–Crippen LogP) is 5.29. The van der Waals surface area contributed by atoms with Gasteiger partial charge in [-0.25, -0.2) is 0 Å². The fourth-order valence-electron chi connectivity index (χ4n) is 3.24. The molecule has 4 rings (SSSR count). The number of hydrogen-bond donors (Lipinski definition) is 2. The average Bonchev–Trinajstić information content (AvgIpc) is 2.62. The largest absolute Gasteiger partial charge is 0.508 e. The first kappa shape index (κ1) is 15.2. The lowest BCUT2D eigenvalue weighted by molar-refractivity contribution is 0.475. The molecule has 25 heavy (non-hydrogen) atoms. The number of phenolic OH excluding ortho intramolecular Hbond substituents is 2. The van der Waals surface area contributed by atoms with Crippen molar-refractivity contribution in [3.8, 4) is 33.8 Å². The van der Waals surface area contributed by atoms with Gasteiger partial charge >= 0.3 is 0 Å². The Bertz CT molecular complexity index is 1050. The van der Waals surface area contributed by atoms with Crippen molar-refractivity contribution in [1.29, 1.82) is 0 Å². The Kier molecular flexibility index (Phi) is 3.62. The van der Waals surface area contributed by atoms with E-state index in [0.29, 0.717) is 0 Å². The van der Waals surface area contributed by atoms with Crippen molar-refractivity contribution < 1.29 is 10.2 Å². The highest BCUT2D eigenvalue weighted by Crippen LogP contribution is 2.39. The first-order valence-electron chi connectivity index (χ1n) is 8.11. The number of fused-ring (bicyclic) bond motifs is 1. The summed E-state index contributed by atoms with van der Waals surface area (Å²) in [6.07, 6.45) is 0. The number of nitrogens with zero attached hydrogens (tertiary/aromatic N) is 1. The quantitative estimate of drug-likeness (QED) is 0.526. The zero-order valence-corrected chi connectivity index (χ0v) is 13.8. The van der Waals surface area contributed by atoms with Gasteiger partial charge in [0.2, 0.25) is 0 Å². The van der Waals surface area contributed by atoms with Crippen molar-refractivity contribution in [3.63, 3.8) is 0 Å². The molecule has 122 valence electrons. The van der Waals surface area contributed by atoms with E-state index in [0.717, 1.165) is 38.9 Å². The van der Waals surface area contributed by atoms with Crippen molar-refractivity contribution in [2.75, 3.05) is 0 Å². The third-order valence-corrected chi connectivity index (χ3v) is 4.39. The van der Waals surface area contributed by atoms with Gasteiger partial charge in [0.15, 0.2) is 0 Å². The van der Waals surface area contributed by atoms with Crippen LogP contribution in [-0.4, -0.2) is 15.2 Å². The minimum Gasteiger partial charge on any atom is -0.508 e. The van der Waals surface area contributed by atoms with Crippen LogP contribution in [0.2, 0.25) is 0 Å². The van der Waals surface area contributed by atoms with Crippen LogP contribution in [0.3, 0.4) is 0 Å². The smallest absolute Gasteiger partial charge is 0.115 e. The molecule has 3 nitrogen and oxygen atoms in total. The van der Waals surface area contributed by atoms with Gasteiger partial charge in [-0.2, -0.15) is 0 Å². The van der Waals surface area contributed by atoms with Crippen LogP contribution in [0, 0.1) is 6.92 Å². The summed E-state index contributed by atoms with van der Waals surface area (Å²) in [7, 11) is 0. The van der Waals surface area contributed by atoms with Crippen molar-refractivity contribution in [1.82, 2.24) is 4.98 Å². The van der Waals surface area contributed by atoms with E-state index < -0.39 is 0 Å². The molecule has 0 aliphatic rings. The Labute approximate surface area is 145 Å². The van der Waals surface area contributed by atoms with Gasteiger partial charge in [0.25, 0.3) is 0 Å². The number of aromatic hydroxyl groups is 2. The Morgan fingerprint density at radius 3 is 1.76 bits per heavy atom. The molecule has 0 saturated heterocycles. The third-order valence-electron chi connectivity index (χ3n) is 4.39. The number of hydrogen-bond acceptors (Lipinski definition) is 3. The van der Waals surface area contributed by atoms with Gasteiger partial charge in [-0.1, -0.05) is 42.5 Å². The number of aromatic nitrogens is 1. The molecule has 0 aliphatic heterocycles. The summed E-state index contributed by atoms with van der Waals surface area (Å²) in [5.41, 5.74) is 5.98. The van der Waals surface area contributed by atoms with E-state index in [9.17, 15) is 10.2 Å². The zero-order valence-electron chi connectivity index (χ0n) is 13.8. The summed E-state index contributed by atoms with van der Waals surface area (Å²) in [4.78, 5) is 4.77. The number of phenols is 2. The van der Waals surface area contributed by atoms with E-state index in [1.54, 1.807) is 24.3 Å². The maximum atomic E-state index is 9.65. The highest BCUT2D eigenvalue weighted by molar-refractivity contribution is 6.03. The Morgan fingerprint density at radius 2 is 1.16 bits per heavy atom. The molecular formula is C22H17NO2. The maximum absolute atomic E-state index is 9.65. The van der Waals surface area contributed by atoms with Gasteiger partial charge in [0, 0.05) is 22.2 Å². The lowest BCUT2D eigenvalue weighted by Crippen LogP contribution is -1.95. The molecule has 4 aromatic rings. The highest BCUT2D eigenvalue weighted by Gasteiger charge is 2.16. The van der Waals surface area contributed by atoms with Crippen LogP contribution in [0.1, 0.15) is 5.69 Å². The fourth-order valence-corrected chi connectivity index (χ4v) is 3.24. The van der Waals surface area contributed by atoms with Crippen LogP contribution >= 0.6 is 0 Å². The van der Waals surface area contributed by atoms with Crippen molar-refractivity contribution in [3.05, 3.63) is 78.5 Å². The SMILES string of the molecule is Cc1nc2ccccc2c(-c2ccc(O)cc2)c1-c1ccc(O)cc1. The standard InChI is InChI=1S/C22H17NO2/c1-14-21(15-6-10-17(24)11-7-15)22(16-8-12-18(25)13-9-16)19-4-2-3-5-20(19)23-14/h2-13,24-25H,1H3. The van der Waals surface area contributed by atoms with Gasteiger partial charge in [-0.3, -0.25) is 4.98 Å². The van der Waals surface area contributed by atoms with Crippen LogP contribution in [0.25, 0.3) is 33.2 Å². The molecule has 3 heteroatoms. The minimum atomic E-state index is 0.237. The van der Waals surface area contributed by atoms with Crippen LogP contribution in [0.4, 0.5) is 0 Å². The van der Waals surface area contributed by atoms with Gasteiger partial charge in [-0.05, 0) is 48.4 Å². The molecule has 0 radical (unpaired) electrons. The molecule has 0 aliphatic carbocycles. The summed E-state index contributed by atoms with van der Waals surface area (Å²) in [6, 6.07) is 22.5. The number of aryl methyl sites for hydroxylation is 1. The molecule has 0 saturated carbocycles. The van der Waals surface area contributed by atoms with Crippen LogP contribution in [-0.2, 0) is 0 Å². The molecule has 0 unspecified atom stereocenters. The number of pyridine rings is 1. The lowest BCUT2D eigenvalue weighted by atomic mass is 9.90. The van der Waals surface area contributed by atoms with Crippen LogP contribution < -0.4 is 0 Å². The van der Waals surface area contributed by atoms with E-state index in [1.165, 1.54) is 0 Å². The monoisotopic (exact) mass is 327 g/mol. The highest BCUT2D eigenvalue weighted by atomic mass is 16.3. The molecule has 0 spiro atoms. The summed E-state index contributed by atoms with van der Waals surface area (Å²) < 4.78 is 0. The van der Waals surface area contributed by atoms with Crippen molar-refractivity contribution in [2.45, 2.75) is 6.92 Å². The van der Waals surface area contributed by atoms with Gasteiger partial charge < -0.3 is 10.2 Å². The van der Waals surface area contributed by atoms with E-state index in [1.807, 2.05) is 49.4 Å². The van der Waals surface area contributed by atoms with Crippen molar-refractivity contribution >= 4 is 10.9 Å². The first-order valence-corrected chi connectivity index (χ1v) is 8.11. The molecule has 2 N–H and O–H groups in total. The van der Waals surface area contributed by atoms with Gasteiger partial charge in [0.1, 0.15) is 11.5 Å². The average molecular weight is 327 g/mol. The molecule has 0 atom stereocenters. The van der Waals surface area contributed by atoms with Gasteiger partial charge in [-0.15, -0.1) is 0 Å². The maximum Gasteiger partial charge on any atom is 0.115 e. The molecule has 1 aromatic heterocycles. The van der Waals surface area contributed by atoms with E-state index >= 15 is 0 Å². The number of benzene rings is 3. The summed E-state index contributed by atoms with van der Waals surface area (Å²) in [5.74, 6) is 0.478. The molecule has 0 bridgehead atoms. The molecular weight excluding hydrogens is 310 g/mol. The third kappa shape index (κ3) is 2.70. The molecule has 0 amide bonds. The minimum absolute atomic E-state index is 0.237. The first-order chi connectivity index (χ1) is 12.1. The summed E-state index contributed by atoms with van der Waals surface area (Å²) in [6.45, 7) is 2.00. The van der Waals surface area contributed by atoms with E-state index in [4.69, 9.17) is 4.98 Å². The fraction of sp³-hybridized carbons (Fsp3) is 0.0455. The molecule has 0 fully saturated rings. The van der Waals surface area contributed by atoms with Gasteiger partial charge in [0.05, 0.1) is 5.52 Å². The van der Waals surface area contributed by atoms with E-state index in [-0.39, 0.29) is 11.5 Å². The normalized spacial score (nSPS) is 10.9.